The zero-order valence-electron chi connectivity index (χ0n) is 9.04. The maximum Gasteiger partial charge on any atom is 0.0501 e. The van der Waals surface area contributed by atoms with Gasteiger partial charge in [-0.15, -0.1) is 11.8 Å². The number of thiophene rings is 1. The minimum absolute atomic E-state index is 0.132. The Hall–Kier alpha value is -0.840. The molecule has 0 aromatic carbocycles. The van der Waals surface area contributed by atoms with E-state index in [4.69, 9.17) is 5.73 Å². The molecule has 0 fully saturated rings. The predicted octanol–water partition coefficient (Wildman–Crippen LogP) is 3.32. The summed E-state index contributed by atoms with van der Waals surface area (Å²) >= 11 is 3.51. The van der Waals surface area contributed by atoms with E-state index in [0.717, 1.165) is 0 Å². The highest BCUT2D eigenvalue weighted by Crippen LogP contribution is 2.37. The smallest absolute Gasteiger partial charge is 0.0501 e. The molecule has 0 spiro atoms. The van der Waals surface area contributed by atoms with Gasteiger partial charge in [0, 0.05) is 23.3 Å². The van der Waals surface area contributed by atoms with Gasteiger partial charge >= 0.3 is 0 Å². The second-order valence-electron chi connectivity index (χ2n) is 3.64. The van der Waals surface area contributed by atoms with Crippen LogP contribution in [0.25, 0.3) is 0 Å². The van der Waals surface area contributed by atoms with Crippen LogP contribution >= 0.6 is 23.1 Å². The summed E-state index contributed by atoms with van der Waals surface area (Å²) in [5.74, 6) is 0. The quantitative estimate of drug-likeness (QED) is 0.846. The van der Waals surface area contributed by atoms with E-state index in [1.165, 1.54) is 10.5 Å². The molecule has 2 unspecified atom stereocenters. The molecule has 4 heteroatoms. The highest BCUT2D eigenvalue weighted by Gasteiger charge is 2.17. The average Bonchev–Trinajstić information content (AvgIpc) is 2.80. The van der Waals surface area contributed by atoms with E-state index in [1.807, 2.05) is 24.5 Å². The van der Waals surface area contributed by atoms with Gasteiger partial charge in [-0.25, -0.2) is 0 Å². The van der Waals surface area contributed by atoms with Gasteiger partial charge in [0.2, 0.25) is 0 Å². The van der Waals surface area contributed by atoms with E-state index in [1.54, 1.807) is 23.1 Å². The number of rotatable bonds is 4. The van der Waals surface area contributed by atoms with Gasteiger partial charge in [0.15, 0.2) is 0 Å². The number of hydrogen-bond donors (Lipinski definition) is 1. The minimum atomic E-state index is 0.132. The lowest BCUT2D eigenvalue weighted by Crippen LogP contribution is -2.22. The van der Waals surface area contributed by atoms with E-state index in [2.05, 4.69) is 28.7 Å². The largest absolute Gasteiger partial charge is 0.327 e. The Kier molecular flexibility index (Phi) is 3.98. The standard InChI is InChI=1S/C12H14N2S2/c1-9(13)12(10-4-7-15-8-10)16-11-2-5-14-6-3-11/h2-9,12H,13H2,1H3. The van der Waals surface area contributed by atoms with Crippen molar-refractivity contribution in [2.24, 2.45) is 5.73 Å². The first-order chi connectivity index (χ1) is 7.77. The van der Waals surface area contributed by atoms with Crippen molar-refractivity contribution in [1.82, 2.24) is 4.98 Å². The lowest BCUT2D eigenvalue weighted by Gasteiger charge is -2.19. The third kappa shape index (κ3) is 2.84. The Balaban J connectivity index is 2.16. The number of nitrogens with two attached hydrogens (primary N) is 1. The van der Waals surface area contributed by atoms with Crippen LogP contribution in [-0.4, -0.2) is 11.0 Å². The SMILES string of the molecule is CC(N)C(Sc1ccncc1)c1ccsc1. The molecule has 16 heavy (non-hydrogen) atoms. The molecule has 2 aromatic rings. The third-order valence-corrected chi connectivity index (χ3v) is 4.46. The van der Waals surface area contributed by atoms with Crippen molar-refractivity contribution < 1.29 is 0 Å². The van der Waals surface area contributed by atoms with Crippen LogP contribution in [0.2, 0.25) is 0 Å². The highest BCUT2D eigenvalue weighted by atomic mass is 32.2. The van der Waals surface area contributed by atoms with Crippen molar-refractivity contribution in [1.29, 1.82) is 0 Å². The molecule has 2 rings (SSSR count). The molecular weight excluding hydrogens is 236 g/mol. The van der Waals surface area contributed by atoms with Crippen LogP contribution in [0.4, 0.5) is 0 Å². The molecular formula is C12H14N2S2. The van der Waals surface area contributed by atoms with Crippen molar-refractivity contribution >= 4 is 23.1 Å². The number of aromatic nitrogens is 1. The molecule has 0 aliphatic rings. The normalized spacial score (nSPS) is 14.6. The Labute approximate surface area is 104 Å². The maximum atomic E-state index is 6.04. The van der Waals surface area contributed by atoms with E-state index < -0.39 is 0 Å². The topological polar surface area (TPSA) is 38.9 Å². The van der Waals surface area contributed by atoms with Crippen LogP contribution in [0.15, 0.2) is 46.2 Å². The van der Waals surface area contributed by atoms with E-state index in [9.17, 15) is 0 Å². The van der Waals surface area contributed by atoms with Gasteiger partial charge in [0.05, 0.1) is 5.25 Å². The predicted molar refractivity (Wildman–Crippen MR) is 70.8 cm³/mol. The fourth-order valence-electron chi connectivity index (χ4n) is 1.48. The zero-order valence-corrected chi connectivity index (χ0v) is 10.7. The number of thioether (sulfide) groups is 1. The summed E-state index contributed by atoms with van der Waals surface area (Å²) in [6, 6.07) is 6.32. The second kappa shape index (κ2) is 5.48. The molecule has 0 amide bonds. The van der Waals surface area contributed by atoms with Crippen LogP contribution < -0.4 is 5.73 Å². The Bertz CT molecular complexity index is 412. The van der Waals surface area contributed by atoms with Crippen molar-refractivity contribution in [3.05, 3.63) is 46.9 Å². The third-order valence-electron chi connectivity index (χ3n) is 2.26. The molecule has 0 saturated heterocycles. The molecule has 0 saturated carbocycles. The molecule has 2 aromatic heterocycles. The summed E-state index contributed by atoms with van der Waals surface area (Å²) in [7, 11) is 0. The van der Waals surface area contributed by atoms with Gasteiger partial charge in [-0.2, -0.15) is 11.3 Å². The molecule has 0 aliphatic heterocycles. The fourth-order valence-corrected chi connectivity index (χ4v) is 3.33. The molecule has 2 atom stereocenters. The first-order valence-corrected chi connectivity index (χ1v) is 6.94. The molecule has 0 radical (unpaired) electrons. The van der Waals surface area contributed by atoms with Crippen LogP contribution in [-0.2, 0) is 0 Å². The van der Waals surface area contributed by atoms with E-state index >= 15 is 0 Å². The molecule has 0 bridgehead atoms. The second-order valence-corrected chi connectivity index (χ2v) is 5.63. The van der Waals surface area contributed by atoms with Gasteiger partial charge in [0.1, 0.15) is 0 Å². The molecule has 2 heterocycles. The summed E-state index contributed by atoms with van der Waals surface area (Å²) in [5.41, 5.74) is 7.35. The van der Waals surface area contributed by atoms with Crippen molar-refractivity contribution in [3.63, 3.8) is 0 Å². The lowest BCUT2D eigenvalue weighted by molar-refractivity contribution is 0.723. The monoisotopic (exact) mass is 250 g/mol. The lowest BCUT2D eigenvalue weighted by atomic mass is 10.1. The van der Waals surface area contributed by atoms with Crippen molar-refractivity contribution in [2.45, 2.75) is 23.1 Å². The number of hydrogen-bond acceptors (Lipinski definition) is 4. The van der Waals surface area contributed by atoms with E-state index in [-0.39, 0.29) is 6.04 Å². The summed E-state index contributed by atoms with van der Waals surface area (Å²) in [5, 5.41) is 4.58. The minimum Gasteiger partial charge on any atom is -0.327 e. The Morgan fingerprint density at radius 2 is 2.06 bits per heavy atom. The van der Waals surface area contributed by atoms with Crippen LogP contribution in [0.3, 0.4) is 0 Å². The van der Waals surface area contributed by atoms with Gasteiger partial charge in [-0.1, -0.05) is 0 Å². The average molecular weight is 250 g/mol. The molecule has 84 valence electrons. The molecule has 0 aliphatic carbocycles. The van der Waals surface area contributed by atoms with Gasteiger partial charge in [-0.05, 0) is 41.4 Å². The molecule has 2 nitrogen and oxygen atoms in total. The summed E-state index contributed by atoms with van der Waals surface area (Å²) in [4.78, 5) is 5.23. The first kappa shape index (κ1) is 11.6. The van der Waals surface area contributed by atoms with Gasteiger partial charge < -0.3 is 5.73 Å². The Morgan fingerprint density at radius 3 is 2.62 bits per heavy atom. The summed E-state index contributed by atoms with van der Waals surface area (Å²) in [6.45, 7) is 2.05. The van der Waals surface area contributed by atoms with Crippen molar-refractivity contribution in [3.8, 4) is 0 Å². The Morgan fingerprint density at radius 1 is 1.31 bits per heavy atom. The van der Waals surface area contributed by atoms with Crippen LogP contribution in [0.5, 0.6) is 0 Å². The highest BCUT2D eigenvalue weighted by molar-refractivity contribution is 7.99. The van der Waals surface area contributed by atoms with Gasteiger partial charge in [-0.3, -0.25) is 4.98 Å². The summed E-state index contributed by atoms with van der Waals surface area (Å²) in [6.07, 6.45) is 3.63. The number of pyridine rings is 1. The van der Waals surface area contributed by atoms with Gasteiger partial charge in [0.25, 0.3) is 0 Å². The van der Waals surface area contributed by atoms with E-state index in [0.29, 0.717) is 5.25 Å². The van der Waals surface area contributed by atoms with Crippen molar-refractivity contribution in [2.75, 3.05) is 0 Å². The maximum absolute atomic E-state index is 6.04. The van der Waals surface area contributed by atoms with Crippen LogP contribution in [0.1, 0.15) is 17.7 Å². The number of nitrogens with zero attached hydrogens (tertiary/aromatic N) is 1. The summed E-state index contributed by atoms with van der Waals surface area (Å²) < 4.78 is 0. The molecule has 2 N–H and O–H groups in total. The first-order valence-electron chi connectivity index (χ1n) is 5.12. The zero-order chi connectivity index (χ0) is 11.4. The fraction of sp³-hybridized carbons (Fsp3) is 0.250. The van der Waals surface area contributed by atoms with Crippen LogP contribution in [0, 0.1) is 0 Å².